The van der Waals surface area contributed by atoms with E-state index in [0.717, 1.165) is 29.9 Å². The highest BCUT2D eigenvalue weighted by atomic mass is 16.5. The van der Waals surface area contributed by atoms with Gasteiger partial charge < -0.3 is 10.3 Å². The molecule has 1 heterocycles. The van der Waals surface area contributed by atoms with E-state index in [4.69, 9.17) is 0 Å². The number of carbonyl (C=O) groups is 1. The second kappa shape index (κ2) is 5.59. The van der Waals surface area contributed by atoms with E-state index in [9.17, 15) is 10.0 Å². The standard InChI is InChI=1S/C20H20NO2/c22-19(15-6-2-1-3-7-15)18-17-9-5-4-8-16(17)14-20(18)10-12-21(23)13-11-20/h1-9,18H,10-14H2/q-1. The summed E-state index contributed by atoms with van der Waals surface area (Å²) >= 11 is 0. The molecule has 4 rings (SSSR count). The Morgan fingerprint density at radius 2 is 1.65 bits per heavy atom. The average molecular weight is 306 g/mol. The lowest BCUT2D eigenvalue weighted by atomic mass is 9.67. The predicted molar refractivity (Wildman–Crippen MR) is 90.3 cm³/mol. The molecule has 1 unspecified atom stereocenters. The molecular weight excluding hydrogens is 286 g/mol. The highest BCUT2D eigenvalue weighted by molar-refractivity contribution is 6.02. The number of rotatable bonds is 2. The summed E-state index contributed by atoms with van der Waals surface area (Å²) < 4.78 is 0. The molecule has 1 aliphatic carbocycles. The van der Waals surface area contributed by atoms with Gasteiger partial charge in [0.25, 0.3) is 0 Å². The fourth-order valence-electron chi connectivity index (χ4n) is 4.37. The molecule has 3 heteroatoms. The van der Waals surface area contributed by atoms with E-state index in [-0.39, 0.29) is 17.1 Å². The monoisotopic (exact) mass is 306 g/mol. The van der Waals surface area contributed by atoms with Gasteiger partial charge in [-0.05, 0) is 48.9 Å². The lowest BCUT2D eigenvalue weighted by Crippen LogP contribution is -2.42. The molecule has 1 aliphatic heterocycles. The molecule has 0 aromatic heterocycles. The van der Waals surface area contributed by atoms with E-state index in [1.807, 2.05) is 42.5 Å². The van der Waals surface area contributed by atoms with Crippen molar-refractivity contribution in [3.05, 3.63) is 76.5 Å². The van der Waals surface area contributed by atoms with Crippen LogP contribution in [0, 0.1) is 10.6 Å². The fourth-order valence-corrected chi connectivity index (χ4v) is 4.37. The maximum atomic E-state index is 13.3. The van der Waals surface area contributed by atoms with E-state index in [1.165, 1.54) is 11.1 Å². The van der Waals surface area contributed by atoms with E-state index >= 15 is 0 Å². The van der Waals surface area contributed by atoms with Crippen molar-refractivity contribution in [1.82, 2.24) is 5.06 Å². The van der Waals surface area contributed by atoms with Crippen LogP contribution in [0.1, 0.15) is 40.2 Å². The maximum absolute atomic E-state index is 13.3. The lowest BCUT2D eigenvalue weighted by Gasteiger charge is -2.45. The molecule has 0 N–H and O–H groups in total. The van der Waals surface area contributed by atoms with Gasteiger partial charge in [-0.1, -0.05) is 54.6 Å². The topological polar surface area (TPSA) is 43.4 Å². The van der Waals surface area contributed by atoms with Crippen molar-refractivity contribution in [3.63, 3.8) is 0 Å². The zero-order valence-corrected chi connectivity index (χ0v) is 13.1. The van der Waals surface area contributed by atoms with Gasteiger partial charge >= 0.3 is 0 Å². The molecule has 1 spiro atoms. The summed E-state index contributed by atoms with van der Waals surface area (Å²) in [5.41, 5.74) is 3.14. The molecule has 1 saturated heterocycles. The normalized spacial score (nSPS) is 22.9. The molecule has 3 nitrogen and oxygen atoms in total. The number of fused-ring (bicyclic) bond motifs is 1. The molecule has 0 bridgehead atoms. The number of ketones is 1. The maximum Gasteiger partial charge on any atom is 0.170 e. The molecule has 23 heavy (non-hydrogen) atoms. The molecule has 1 fully saturated rings. The van der Waals surface area contributed by atoms with Crippen LogP contribution in [-0.2, 0) is 6.42 Å². The quantitative estimate of drug-likeness (QED) is 0.793. The van der Waals surface area contributed by atoms with Crippen LogP contribution in [-0.4, -0.2) is 23.9 Å². The molecule has 2 aliphatic rings. The number of Topliss-reactive ketones (excluding diaryl/α,β-unsaturated/α-hetero) is 1. The Bertz CT molecular complexity index is 717. The van der Waals surface area contributed by atoms with Gasteiger partial charge in [0.15, 0.2) is 5.78 Å². The molecule has 2 aromatic rings. The van der Waals surface area contributed by atoms with Crippen LogP contribution in [0.5, 0.6) is 0 Å². The van der Waals surface area contributed by atoms with Crippen molar-refractivity contribution < 1.29 is 4.79 Å². The summed E-state index contributed by atoms with van der Waals surface area (Å²) in [4.78, 5) is 13.3. The molecule has 0 amide bonds. The molecule has 1 atom stereocenters. The first-order valence-corrected chi connectivity index (χ1v) is 8.29. The molecule has 118 valence electrons. The van der Waals surface area contributed by atoms with Gasteiger partial charge in [-0.2, -0.15) is 0 Å². The minimum absolute atomic E-state index is 0.0858. The van der Waals surface area contributed by atoms with Crippen molar-refractivity contribution in [2.75, 3.05) is 13.1 Å². The number of benzene rings is 2. The highest BCUT2D eigenvalue weighted by Crippen LogP contribution is 2.54. The Morgan fingerprint density at radius 1 is 1.00 bits per heavy atom. The number of hydrogen-bond acceptors (Lipinski definition) is 3. The van der Waals surface area contributed by atoms with Gasteiger partial charge in [0.05, 0.1) is 5.92 Å². The van der Waals surface area contributed by atoms with Gasteiger partial charge in [-0.15, -0.1) is 0 Å². The van der Waals surface area contributed by atoms with Crippen molar-refractivity contribution in [2.24, 2.45) is 5.41 Å². The molecule has 2 aromatic carbocycles. The summed E-state index contributed by atoms with van der Waals surface area (Å²) in [6.07, 6.45) is 2.52. The first-order chi connectivity index (χ1) is 11.2. The van der Waals surface area contributed by atoms with E-state index in [1.54, 1.807) is 0 Å². The third-order valence-electron chi connectivity index (χ3n) is 5.56. The minimum atomic E-state index is -0.116. The van der Waals surface area contributed by atoms with Crippen molar-refractivity contribution in [3.8, 4) is 0 Å². The van der Waals surface area contributed by atoms with Crippen molar-refractivity contribution >= 4 is 5.78 Å². The van der Waals surface area contributed by atoms with Crippen molar-refractivity contribution in [1.29, 1.82) is 0 Å². The first kappa shape index (κ1) is 14.6. The Hall–Kier alpha value is -1.97. The zero-order chi connectivity index (χ0) is 15.9. The Morgan fingerprint density at radius 3 is 2.39 bits per heavy atom. The van der Waals surface area contributed by atoms with Crippen LogP contribution >= 0.6 is 0 Å². The second-order valence-corrected chi connectivity index (χ2v) is 6.83. The number of carbonyl (C=O) groups excluding carboxylic acids is 1. The van der Waals surface area contributed by atoms with E-state index in [0.29, 0.717) is 13.1 Å². The van der Waals surface area contributed by atoms with E-state index < -0.39 is 0 Å². The molecule has 0 radical (unpaired) electrons. The third-order valence-corrected chi connectivity index (χ3v) is 5.56. The summed E-state index contributed by atoms with van der Waals surface area (Å²) in [5, 5.41) is 12.8. The van der Waals surface area contributed by atoms with Gasteiger partial charge in [0, 0.05) is 5.56 Å². The van der Waals surface area contributed by atoms with Crippen LogP contribution in [0.25, 0.3) is 0 Å². The van der Waals surface area contributed by atoms with Gasteiger partial charge in [-0.3, -0.25) is 4.79 Å². The number of nitrogens with zero attached hydrogens (tertiary/aromatic N) is 1. The number of hydrogen-bond donors (Lipinski definition) is 0. The van der Waals surface area contributed by atoms with Gasteiger partial charge in [0.1, 0.15) is 0 Å². The number of hydroxylamine groups is 2. The minimum Gasteiger partial charge on any atom is -0.785 e. The van der Waals surface area contributed by atoms with Crippen LogP contribution in [0.3, 0.4) is 0 Å². The molecule has 0 saturated carbocycles. The van der Waals surface area contributed by atoms with Gasteiger partial charge in [0.2, 0.25) is 0 Å². The summed E-state index contributed by atoms with van der Waals surface area (Å²) in [6.45, 7) is 1.07. The van der Waals surface area contributed by atoms with Crippen LogP contribution in [0.15, 0.2) is 54.6 Å². The summed E-state index contributed by atoms with van der Waals surface area (Å²) in [6, 6.07) is 17.9. The first-order valence-electron chi connectivity index (χ1n) is 8.29. The summed E-state index contributed by atoms with van der Waals surface area (Å²) in [5.74, 6) is 0.0877. The fraction of sp³-hybridized carbons (Fsp3) is 0.350. The predicted octanol–water partition coefficient (Wildman–Crippen LogP) is 3.79. The highest BCUT2D eigenvalue weighted by Gasteiger charge is 2.49. The Balaban J connectivity index is 1.77. The average Bonchev–Trinajstić information content (AvgIpc) is 2.91. The Kier molecular flexibility index (Phi) is 3.55. The van der Waals surface area contributed by atoms with E-state index in [2.05, 4.69) is 12.1 Å². The molecular formula is C20H20NO2-. The largest absolute Gasteiger partial charge is 0.785 e. The summed E-state index contributed by atoms with van der Waals surface area (Å²) in [7, 11) is 0. The van der Waals surface area contributed by atoms with Crippen LogP contribution < -0.4 is 0 Å². The van der Waals surface area contributed by atoms with Gasteiger partial charge in [-0.25, -0.2) is 0 Å². The van der Waals surface area contributed by atoms with Crippen molar-refractivity contribution in [2.45, 2.75) is 25.2 Å². The third kappa shape index (κ3) is 2.41. The zero-order valence-electron chi connectivity index (χ0n) is 13.1. The SMILES string of the molecule is O=C(c1ccccc1)C1c2ccccc2CC12CCN([O-])CC2. The van der Waals surface area contributed by atoms with Crippen LogP contribution in [0.4, 0.5) is 0 Å². The second-order valence-electron chi connectivity index (χ2n) is 6.83. The smallest absolute Gasteiger partial charge is 0.170 e. The van der Waals surface area contributed by atoms with Crippen LogP contribution in [0.2, 0.25) is 0 Å². The lowest BCUT2D eigenvalue weighted by molar-refractivity contribution is 0.0743. The number of piperidine rings is 1. The Labute approximate surface area is 136 Å².